The van der Waals surface area contributed by atoms with Gasteiger partial charge in [0.05, 0.1) is 5.69 Å². The number of rotatable bonds is 4. The molecule has 7 heteroatoms. The van der Waals surface area contributed by atoms with Crippen LogP contribution in [0.2, 0.25) is 0 Å². The summed E-state index contributed by atoms with van der Waals surface area (Å²) in [5, 5.41) is 14.1. The Kier molecular flexibility index (Phi) is 4.92. The number of ether oxygens (including phenoxy) is 1. The third-order valence-electron chi connectivity index (χ3n) is 1.92. The number of nitrogens with two attached hydrogens (primary N) is 1. The summed E-state index contributed by atoms with van der Waals surface area (Å²) in [6, 6.07) is 4.91. The van der Waals surface area contributed by atoms with Crippen molar-refractivity contribution in [3.63, 3.8) is 0 Å². The molecular formula is C10H12BrN3O3. The number of oxime groups is 1. The Hall–Kier alpha value is -1.60. The van der Waals surface area contributed by atoms with E-state index in [1.54, 1.807) is 18.2 Å². The predicted molar refractivity (Wildman–Crippen MR) is 67.2 cm³/mol. The lowest BCUT2D eigenvalue weighted by Crippen LogP contribution is -2.18. The molecule has 0 fully saturated rings. The van der Waals surface area contributed by atoms with Crippen LogP contribution in [0, 0.1) is 0 Å². The van der Waals surface area contributed by atoms with Gasteiger partial charge in [-0.15, -0.1) is 0 Å². The normalized spacial score (nSPS) is 11.3. The Morgan fingerprint density at radius 1 is 1.65 bits per heavy atom. The average molecular weight is 302 g/mol. The van der Waals surface area contributed by atoms with E-state index >= 15 is 0 Å². The maximum absolute atomic E-state index is 11.3. The molecule has 6 nitrogen and oxygen atoms in total. The van der Waals surface area contributed by atoms with Gasteiger partial charge < -0.3 is 21.0 Å². The van der Waals surface area contributed by atoms with Crippen LogP contribution in [0.1, 0.15) is 5.56 Å². The third kappa shape index (κ3) is 3.72. The summed E-state index contributed by atoms with van der Waals surface area (Å²) in [4.78, 5) is 11.3. The van der Waals surface area contributed by atoms with E-state index in [4.69, 9.17) is 15.7 Å². The summed E-state index contributed by atoms with van der Waals surface area (Å²) in [5.74, 6) is -0.259. The molecule has 0 aromatic heterocycles. The summed E-state index contributed by atoms with van der Waals surface area (Å²) < 4.78 is 5.33. The first-order chi connectivity index (χ1) is 8.08. The SMILES string of the molecule is COCC(=O)Nc1ccc(/C(N)=N/O)cc1Br. The lowest BCUT2D eigenvalue weighted by Gasteiger charge is -2.08. The first-order valence-corrected chi connectivity index (χ1v) is 5.44. The van der Waals surface area contributed by atoms with E-state index in [0.717, 1.165) is 0 Å². The molecule has 17 heavy (non-hydrogen) atoms. The minimum absolute atomic E-state index is 0.000433. The van der Waals surface area contributed by atoms with Crippen LogP contribution in [0.25, 0.3) is 0 Å². The monoisotopic (exact) mass is 301 g/mol. The van der Waals surface area contributed by atoms with E-state index in [1.807, 2.05) is 0 Å². The van der Waals surface area contributed by atoms with E-state index < -0.39 is 0 Å². The summed E-state index contributed by atoms with van der Waals surface area (Å²) in [7, 11) is 1.44. The molecule has 0 unspecified atom stereocenters. The standard InChI is InChI=1S/C10H12BrN3O3/c1-17-5-9(15)13-8-3-2-6(4-7(8)11)10(12)14-16/h2-4,16H,5H2,1H3,(H2,12,14)(H,13,15). The number of amidine groups is 1. The molecule has 92 valence electrons. The summed E-state index contributed by atoms with van der Waals surface area (Å²) in [5.41, 5.74) is 6.56. The van der Waals surface area contributed by atoms with Gasteiger partial charge in [-0.2, -0.15) is 0 Å². The van der Waals surface area contributed by atoms with Crippen LogP contribution < -0.4 is 11.1 Å². The van der Waals surface area contributed by atoms with Crippen molar-refractivity contribution >= 4 is 33.4 Å². The lowest BCUT2D eigenvalue weighted by molar-refractivity contribution is -0.119. The topological polar surface area (TPSA) is 96.9 Å². The molecule has 0 heterocycles. The van der Waals surface area contributed by atoms with Gasteiger partial charge in [0.1, 0.15) is 6.61 Å². The van der Waals surface area contributed by atoms with Gasteiger partial charge in [0.25, 0.3) is 0 Å². The molecule has 0 spiro atoms. The minimum Gasteiger partial charge on any atom is -0.409 e. The van der Waals surface area contributed by atoms with Gasteiger partial charge in [-0.1, -0.05) is 5.16 Å². The number of hydrogen-bond donors (Lipinski definition) is 3. The fourth-order valence-corrected chi connectivity index (χ4v) is 1.63. The molecule has 0 aliphatic heterocycles. The second-order valence-corrected chi connectivity index (χ2v) is 4.02. The summed E-state index contributed by atoms with van der Waals surface area (Å²) in [6.45, 7) is -0.0194. The van der Waals surface area contributed by atoms with Crippen molar-refractivity contribution in [3.05, 3.63) is 28.2 Å². The van der Waals surface area contributed by atoms with Gasteiger partial charge >= 0.3 is 0 Å². The minimum atomic E-state index is -0.259. The largest absolute Gasteiger partial charge is 0.409 e. The zero-order valence-electron chi connectivity index (χ0n) is 9.11. The lowest BCUT2D eigenvalue weighted by atomic mass is 10.2. The first kappa shape index (κ1) is 13.5. The number of nitrogens with zero attached hydrogens (tertiary/aromatic N) is 1. The zero-order chi connectivity index (χ0) is 12.8. The number of amides is 1. The fraction of sp³-hybridized carbons (Fsp3) is 0.200. The van der Waals surface area contributed by atoms with Crippen LogP contribution in [0.3, 0.4) is 0 Å². The number of hydrogen-bond acceptors (Lipinski definition) is 4. The Bertz CT molecular complexity index is 448. The Balaban J connectivity index is 2.87. The molecule has 1 aromatic carbocycles. The van der Waals surface area contributed by atoms with E-state index in [0.29, 0.717) is 15.7 Å². The number of carbonyl (C=O) groups excluding carboxylic acids is 1. The molecule has 0 radical (unpaired) electrons. The van der Waals surface area contributed by atoms with Gasteiger partial charge in [0, 0.05) is 17.1 Å². The average Bonchev–Trinajstić information content (AvgIpc) is 2.31. The zero-order valence-corrected chi connectivity index (χ0v) is 10.7. The maximum Gasteiger partial charge on any atom is 0.250 e. The van der Waals surface area contributed by atoms with Crippen molar-refractivity contribution in [2.24, 2.45) is 10.9 Å². The Morgan fingerprint density at radius 3 is 2.88 bits per heavy atom. The number of anilines is 1. The number of benzene rings is 1. The maximum atomic E-state index is 11.3. The highest BCUT2D eigenvalue weighted by atomic mass is 79.9. The Labute approximate surface area is 107 Å². The van der Waals surface area contributed by atoms with Gasteiger partial charge in [-0.3, -0.25) is 4.79 Å². The molecule has 1 rings (SSSR count). The fourth-order valence-electron chi connectivity index (χ4n) is 1.15. The second-order valence-electron chi connectivity index (χ2n) is 3.16. The molecule has 0 atom stereocenters. The van der Waals surface area contributed by atoms with Crippen molar-refractivity contribution in [2.75, 3.05) is 19.0 Å². The summed E-state index contributed by atoms with van der Waals surface area (Å²) in [6.07, 6.45) is 0. The molecular weight excluding hydrogens is 290 g/mol. The van der Waals surface area contributed by atoms with Crippen molar-refractivity contribution in [1.29, 1.82) is 0 Å². The number of carbonyl (C=O) groups is 1. The van der Waals surface area contributed by atoms with Gasteiger partial charge in [0.15, 0.2) is 5.84 Å². The smallest absolute Gasteiger partial charge is 0.250 e. The second kappa shape index (κ2) is 6.21. The van der Waals surface area contributed by atoms with E-state index in [9.17, 15) is 4.79 Å². The molecule has 0 aliphatic rings. The van der Waals surface area contributed by atoms with Crippen LogP contribution in [-0.4, -0.2) is 30.7 Å². The predicted octanol–water partition coefficient (Wildman–Crippen LogP) is 1.13. The number of methoxy groups -OCH3 is 1. The third-order valence-corrected chi connectivity index (χ3v) is 2.58. The van der Waals surface area contributed by atoms with E-state index in [-0.39, 0.29) is 18.3 Å². The molecule has 4 N–H and O–H groups in total. The van der Waals surface area contributed by atoms with Crippen LogP contribution in [0.5, 0.6) is 0 Å². The number of nitrogens with one attached hydrogen (secondary N) is 1. The van der Waals surface area contributed by atoms with Crippen LogP contribution in [0.4, 0.5) is 5.69 Å². The highest BCUT2D eigenvalue weighted by Crippen LogP contribution is 2.23. The Morgan fingerprint density at radius 2 is 2.35 bits per heavy atom. The first-order valence-electron chi connectivity index (χ1n) is 4.64. The highest BCUT2D eigenvalue weighted by Gasteiger charge is 2.07. The van der Waals surface area contributed by atoms with Gasteiger partial charge in [-0.25, -0.2) is 0 Å². The molecule has 0 saturated carbocycles. The molecule has 1 aromatic rings. The molecule has 1 amide bonds. The molecule has 0 aliphatic carbocycles. The van der Waals surface area contributed by atoms with Gasteiger partial charge in [-0.05, 0) is 34.1 Å². The van der Waals surface area contributed by atoms with Crippen molar-refractivity contribution in [2.45, 2.75) is 0 Å². The van der Waals surface area contributed by atoms with Crippen LogP contribution in [0.15, 0.2) is 27.8 Å². The summed E-state index contributed by atoms with van der Waals surface area (Å²) >= 11 is 3.28. The van der Waals surface area contributed by atoms with E-state index in [1.165, 1.54) is 7.11 Å². The van der Waals surface area contributed by atoms with E-state index in [2.05, 4.69) is 26.4 Å². The van der Waals surface area contributed by atoms with Crippen molar-refractivity contribution in [3.8, 4) is 0 Å². The van der Waals surface area contributed by atoms with Crippen molar-refractivity contribution in [1.82, 2.24) is 0 Å². The van der Waals surface area contributed by atoms with Gasteiger partial charge in [0.2, 0.25) is 5.91 Å². The van der Waals surface area contributed by atoms with Crippen molar-refractivity contribution < 1.29 is 14.7 Å². The number of halogens is 1. The highest BCUT2D eigenvalue weighted by molar-refractivity contribution is 9.10. The molecule has 0 saturated heterocycles. The van der Waals surface area contributed by atoms with Crippen LogP contribution in [-0.2, 0) is 9.53 Å². The van der Waals surface area contributed by atoms with Crippen LogP contribution >= 0.6 is 15.9 Å². The quantitative estimate of drug-likeness (QED) is 0.336. The molecule has 0 bridgehead atoms.